The van der Waals surface area contributed by atoms with Crippen LogP contribution in [0.25, 0.3) is 0 Å². The number of hydrogen-bond acceptors (Lipinski definition) is 4. The van der Waals surface area contributed by atoms with E-state index in [1.807, 2.05) is 12.1 Å². The normalized spacial score (nSPS) is 20.8. The molecule has 1 aromatic carbocycles. The summed E-state index contributed by atoms with van der Waals surface area (Å²) in [6, 6.07) is 8.54. The third-order valence-corrected chi connectivity index (χ3v) is 6.82. The molecule has 1 aliphatic heterocycles. The number of benzene rings is 1. The number of rotatable bonds is 5. The number of nitrogens with zero attached hydrogens (tertiary/aromatic N) is 1. The lowest BCUT2D eigenvalue weighted by Gasteiger charge is -2.22. The maximum atomic E-state index is 13.6. The predicted molar refractivity (Wildman–Crippen MR) is 92.0 cm³/mol. The number of aromatic nitrogens is 1. The lowest BCUT2D eigenvalue weighted by atomic mass is 9.98. The summed E-state index contributed by atoms with van der Waals surface area (Å²) < 4.78 is 37.7. The fourth-order valence-corrected chi connectivity index (χ4v) is 4.94. The zero-order chi connectivity index (χ0) is 17.2. The molecule has 0 spiro atoms. The maximum Gasteiger partial charge on any atom is 0.154 e. The van der Waals surface area contributed by atoms with Crippen LogP contribution >= 0.6 is 0 Å². The molecule has 24 heavy (non-hydrogen) atoms. The van der Waals surface area contributed by atoms with Crippen molar-refractivity contribution in [3.05, 3.63) is 65.2 Å². The van der Waals surface area contributed by atoms with Crippen molar-refractivity contribution in [2.75, 3.05) is 12.3 Å². The Morgan fingerprint density at radius 2 is 2.17 bits per heavy atom. The minimum atomic E-state index is -3.00. The topological polar surface area (TPSA) is 59.1 Å². The second-order valence-electron chi connectivity index (χ2n) is 6.27. The first-order valence-corrected chi connectivity index (χ1v) is 9.80. The van der Waals surface area contributed by atoms with Gasteiger partial charge in [0.2, 0.25) is 0 Å². The van der Waals surface area contributed by atoms with Gasteiger partial charge in [0.15, 0.2) is 9.84 Å². The Labute approximate surface area is 142 Å². The van der Waals surface area contributed by atoms with E-state index in [2.05, 4.69) is 10.3 Å². The van der Waals surface area contributed by atoms with Crippen LogP contribution in [0.5, 0.6) is 0 Å². The molecule has 1 fully saturated rings. The molecular formula is C18H21FN2O2S. The Balaban J connectivity index is 1.87. The highest BCUT2D eigenvalue weighted by Crippen LogP contribution is 2.25. The van der Waals surface area contributed by atoms with Crippen molar-refractivity contribution in [3.63, 3.8) is 0 Å². The molecule has 1 saturated heterocycles. The molecule has 0 radical (unpaired) electrons. The van der Waals surface area contributed by atoms with Gasteiger partial charge in [0.1, 0.15) is 5.82 Å². The standard InChI is InChI=1S/C18H21FN2O2S/c1-13-10-14(6-7-17(13)19)18(15-4-2-8-20-11-15)21-12-16-5-3-9-24(16,22)23/h2,4,6-8,10-11,16,18,21H,3,5,9,12H2,1H3/t16-,18-/m0/s1. The second kappa shape index (κ2) is 6.99. The van der Waals surface area contributed by atoms with Gasteiger partial charge in [0, 0.05) is 18.9 Å². The van der Waals surface area contributed by atoms with Crippen LogP contribution in [-0.4, -0.2) is 30.9 Å². The molecule has 2 atom stereocenters. The van der Waals surface area contributed by atoms with Crippen molar-refractivity contribution in [3.8, 4) is 0 Å². The quantitative estimate of drug-likeness (QED) is 0.903. The second-order valence-corrected chi connectivity index (χ2v) is 8.67. The van der Waals surface area contributed by atoms with Gasteiger partial charge in [-0.1, -0.05) is 18.2 Å². The Bertz CT molecular complexity index is 809. The molecule has 0 saturated carbocycles. The first-order chi connectivity index (χ1) is 11.5. The van der Waals surface area contributed by atoms with Crippen molar-refractivity contribution in [2.24, 2.45) is 0 Å². The van der Waals surface area contributed by atoms with Crippen LogP contribution in [0.3, 0.4) is 0 Å². The maximum absolute atomic E-state index is 13.6. The molecule has 128 valence electrons. The summed E-state index contributed by atoms with van der Waals surface area (Å²) in [5, 5.41) is 3.01. The average Bonchev–Trinajstić information content (AvgIpc) is 2.90. The van der Waals surface area contributed by atoms with Gasteiger partial charge < -0.3 is 5.32 Å². The zero-order valence-electron chi connectivity index (χ0n) is 13.6. The monoisotopic (exact) mass is 348 g/mol. The first kappa shape index (κ1) is 17.0. The van der Waals surface area contributed by atoms with E-state index in [4.69, 9.17) is 0 Å². The molecule has 1 N–H and O–H groups in total. The molecule has 4 nitrogen and oxygen atoms in total. The lowest BCUT2D eigenvalue weighted by molar-refractivity contribution is 0.550. The number of halogens is 1. The predicted octanol–water partition coefficient (Wildman–Crippen LogP) is 2.79. The van der Waals surface area contributed by atoms with E-state index in [1.54, 1.807) is 31.5 Å². The highest BCUT2D eigenvalue weighted by Gasteiger charge is 2.31. The summed E-state index contributed by atoms with van der Waals surface area (Å²) in [5.74, 6) is 0.0223. The van der Waals surface area contributed by atoms with E-state index < -0.39 is 9.84 Å². The van der Waals surface area contributed by atoms with Crippen LogP contribution in [0, 0.1) is 12.7 Å². The molecule has 1 aliphatic rings. The summed E-state index contributed by atoms with van der Waals surface area (Å²) in [7, 11) is -3.00. The van der Waals surface area contributed by atoms with Crippen LogP contribution in [0.4, 0.5) is 4.39 Å². The minimum absolute atomic E-state index is 0.214. The van der Waals surface area contributed by atoms with E-state index in [-0.39, 0.29) is 22.9 Å². The van der Waals surface area contributed by atoms with Gasteiger partial charge in [-0.3, -0.25) is 4.98 Å². The molecule has 2 heterocycles. The summed E-state index contributed by atoms with van der Waals surface area (Å²) in [4.78, 5) is 4.15. The highest BCUT2D eigenvalue weighted by atomic mass is 32.2. The molecule has 3 rings (SSSR count). The van der Waals surface area contributed by atoms with Crippen molar-refractivity contribution in [2.45, 2.75) is 31.1 Å². The first-order valence-electron chi connectivity index (χ1n) is 8.08. The van der Waals surface area contributed by atoms with E-state index in [0.29, 0.717) is 18.5 Å². The van der Waals surface area contributed by atoms with Gasteiger partial charge in [-0.05, 0) is 48.6 Å². The van der Waals surface area contributed by atoms with Gasteiger partial charge >= 0.3 is 0 Å². The zero-order valence-corrected chi connectivity index (χ0v) is 14.4. The molecule has 0 unspecified atom stereocenters. The number of nitrogens with one attached hydrogen (secondary N) is 1. The molecule has 2 aromatic rings. The van der Waals surface area contributed by atoms with Crippen molar-refractivity contribution in [1.29, 1.82) is 0 Å². The largest absolute Gasteiger partial charge is 0.305 e. The Morgan fingerprint density at radius 3 is 2.79 bits per heavy atom. The van der Waals surface area contributed by atoms with Gasteiger partial charge in [-0.25, -0.2) is 12.8 Å². The van der Waals surface area contributed by atoms with E-state index in [0.717, 1.165) is 17.5 Å². The number of sulfone groups is 1. The molecular weight excluding hydrogens is 327 g/mol. The fraction of sp³-hybridized carbons (Fsp3) is 0.389. The van der Waals surface area contributed by atoms with Gasteiger partial charge in [-0.15, -0.1) is 0 Å². The van der Waals surface area contributed by atoms with E-state index in [9.17, 15) is 12.8 Å². The molecule has 1 aromatic heterocycles. The molecule has 6 heteroatoms. The number of hydrogen-bond donors (Lipinski definition) is 1. The smallest absolute Gasteiger partial charge is 0.154 e. The van der Waals surface area contributed by atoms with E-state index in [1.165, 1.54) is 6.07 Å². The highest BCUT2D eigenvalue weighted by molar-refractivity contribution is 7.92. The summed E-state index contributed by atoms with van der Waals surface area (Å²) in [6.07, 6.45) is 4.86. The third kappa shape index (κ3) is 3.65. The van der Waals surface area contributed by atoms with Crippen LogP contribution < -0.4 is 5.32 Å². The van der Waals surface area contributed by atoms with Crippen LogP contribution in [0.15, 0.2) is 42.7 Å². The Hall–Kier alpha value is -1.79. The fourth-order valence-electron chi connectivity index (χ4n) is 3.16. The number of pyridine rings is 1. The van der Waals surface area contributed by atoms with Crippen LogP contribution in [0.1, 0.15) is 35.6 Å². The lowest BCUT2D eigenvalue weighted by Crippen LogP contribution is -2.33. The summed E-state index contributed by atoms with van der Waals surface area (Å²) in [6.45, 7) is 2.11. The average molecular weight is 348 g/mol. The van der Waals surface area contributed by atoms with Gasteiger partial charge in [0.25, 0.3) is 0 Å². The van der Waals surface area contributed by atoms with Crippen molar-refractivity contribution >= 4 is 9.84 Å². The van der Waals surface area contributed by atoms with Crippen LogP contribution in [0.2, 0.25) is 0 Å². The van der Waals surface area contributed by atoms with Crippen molar-refractivity contribution in [1.82, 2.24) is 10.3 Å². The molecule has 0 amide bonds. The van der Waals surface area contributed by atoms with E-state index >= 15 is 0 Å². The third-order valence-electron chi connectivity index (χ3n) is 4.55. The van der Waals surface area contributed by atoms with Gasteiger partial charge in [0.05, 0.1) is 17.0 Å². The Morgan fingerprint density at radius 1 is 1.33 bits per heavy atom. The minimum Gasteiger partial charge on any atom is -0.305 e. The van der Waals surface area contributed by atoms with Crippen molar-refractivity contribution < 1.29 is 12.8 Å². The molecule has 0 aliphatic carbocycles. The SMILES string of the molecule is Cc1cc([C@H](NC[C@@H]2CCCS2(=O)=O)c2cccnc2)ccc1F. The number of aryl methyl sites for hydroxylation is 1. The van der Waals surface area contributed by atoms with Crippen LogP contribution in [-0.2, 0) is 9.84 Å². The summed E-state index contributed by atoms with van der Waals surface area (Å²) in [5.41, 5.74) is 2.40. The van der Waals surface area contributed by atoms with Gasteiger partial charge in [-0.2, -0.15) is 0 Å². The summed E-state index contributed by atoms with van der Waals surface area (Å²) >= 11 is 0. The Kier molecular flexibility index (Phi) is 4.96. The molecule has 0 bridgehead atoms.